The van der Waals surface area contributed by atoms with Crippen LogP contribution < -0.4 is 5.32 Å². The second kappa shape index (κ2) is 7.64. The summed E-state index contributed by atoms with van der Waals surface area (Å²) in [7, 11) is 1.92. The molecule has 1 rings (SSSR count). The number of rotatable bonds is 7. The van der Waals surface area contributed by atoms with Crippen LogP contribution in [0.3, 0.4) is 0 Å². The van der Waals surface area contributed by atoms with E-state index >= 15 is 0 Å². The second-order valence-electron chi connectivity index (χ2n) is 4.08. The third-order valence-electron chi connectivity index (χ3n) is 2.66. The van der Waals surface area contributed by atoms with Gasteiger partial charge in [0.1, 0.15) is 5.82 Å². The van der Waals surface area contributed by atoms with Crippen molar-refractivity contribution in [3.05, 3.63) is 34.6 Å². The summed E-state index contributed by atoms with van der Waals surface area (Å²) in [6.45, 7) is 5.43. The normalized spacial score (nSPS) is 11.1. The van der Waals surface area contributed by atoms with E-state index in [2.05, 4.69) is 17.1 Å². The lowest BCUT2D eigenvalue weighted by atomic mass is 10.2. The van der Waals surface area contributed by atoms with Gasteiger partial charge < -0.3 is 5.32 Å². The van der Waals surface area contributed by atoms with E-state index in [9.17, 15) is 4.39 Å². The van der Waals surface area contributed by atoms with E-state index in [1.807, 2.05) is 7.05 Å². The molecule has 2 nitrogen and oxygen atoms in total. The van der Waals surface area contributed by atoms with Crippen molar-refractivity contribution in [1.82, 2.24) is 10.2 Å². The molecular formula is C13H20ClFN2. The molecule has 0 aromatic heterocycles. The Morgan fingerprint density at radius 2 is 2.12 bits per heavy atom. The molecule has 0 heterocycles. The maximum atomic E-state index is 13.6. The summed E-state index contributed by atoms with van der Waals surface area (Å²) in [5.41, 5.74) is 0.596. The summed E-state index contributed by atoms with van der Waals surface area (Å²) in [5.74, 6) is -0.219. The zero-order valence-corrected chi connectivity index (χ0v) is 11.2. The first-order valence-electron chi connectivity index (χ1n) is 5.98. The number of hydrogen-bond acceptors (Lipinski definition) is 2. The van der Waals surface area contributed by atoms with Gasteiger partial charge in [-0.15, -0.1) is 0 Å². The van der Waals surface area contributed by atoms with Gasteiger partial charge in [0.05, 0.1) is 0 Å². The summed E-state index contributed by atoms with van der Waals surface area (Å²) in [4.78, 5) is 2.21. The molecule has 17 heavy (non-hydrogen) atoms. The van der Waals surface area contributed by atoms with E-state index in [4.69, 9.17) is 11.6 Å². The smallest absolute Gasteiger partial charge is 0.129 e. The first-order chi connectivity index (χ1) is 8.19. The van der Waals surface area contributed by atoms with Crippen LogP contribution >= 0.6 is 11.6 Å². The predicted molar refractivity (Wildman–Crippen MR) is 70.9 cm³/mol. The monoisotopic (exact) mass is 258 g/mol. The maximum Gasteiger partial charge on any atom is 0.129 e. The fourth-order valence-corrected chi connectivity index (χ4v) is 1.99. The Labute approximate surface area is 108 Å². The van der Waals surface area contributed by atoms with Crippen molar-refractivity contribution in [2.45, 2.75) is 19.9 Å². The van der Waals surface area contributed by atoms with Crippen molar-refractivity contribution >= 4 is 11.6 Å². The molecule has 0 aliphatic rings. The van der Waals surface area contributed by atoms with Crippen molar-refractivity contribution < 1.29 is 4.39 Å². The largest absolute Gasteiger partial charge is 0.318 e. The van der Waals surface area contributed by atoms with E-state index in [0.29, 0.717) is 17.1 Å². The third-order valence-corrected chi connectivity index (χ3v) is 3.02. The number of likely N-dealkylation sites (N-methyl/N-ethyl adjacent to an activating group) is 1. The summed E-state index contributed by atoms with van der Waals surface area (Å²) < 4.78 is 13.6. The van der Waals surface area contributed by atoms with Crippen LogP contribution in [0.4, 0.5) is 4.39 Å². The highest BCUT2D eigenvalue weighted by Crippen LogP contribution is 2.20. The fourth-order valence-electron chi connectivity index (χ4n) is 1.76. The van der Waals surface area contributed by atoms with Gasteiger partial charge in [-0.05, 0) is 32.1 Å². The van der Waals surface area contributed by atoms with Crippen molar-refractivity contribution in [2.24, 2.45) is 0 Å². The van der Waals surface area contributed by atoms with Gasteiger partial charge in [-0.3, -0.25) is 4.90 Å². The Balaban J connectivity index is 2.70. The van der Waals surface area contributed by atoms with Crippen molar-refractivity contribution in [2.75, 3.05) is 26.7 Å². The molecular weight excluding hydrogens is 239 g/mol. The lowest BCUT2D eigenvalue weighted by molar-refractivity contribution is 0.264. The Morgan fingerprint density at radius 3 is 2.71 bits per heavy atom. The van der Waals surface area contributed by atoms with Crippen molar-refractivity contribution in [1.29, 1.82) is 0 Å². The minimum atomic E-state index is -0.219. The van der Waals surface area contributed by atoms with Gasteiger partial charge in [0.15, 0.2) is 0 Å². The average molecular weight is 259 g/mol. The Hall–Kier alpha value is -0.640. The van der Waals surface area contributed by atoms with Gasteiger partial charge in [0.25, 0.3) is 0 Å². The summed E-state index contributed by atoms with van der Waals surface area (Å²) >= 11 is 6.03. The summed E-state index contributed by atoms with van der Waals surface area (Å²) in [6.07, 6.45) is 1.05. The Kier molecular flexibility index (Phi) is 6.48. The van der Waals surface area contributed by atoms with Crippen LogP contribution in [-0.4, -0.2) is 31.6 Å². The summed E-state index contributed by atoms with van der Waals surface area (Å²) in [6, 6.07) is 4.84. The molecule has 4 heteroatoms. The minimum absolute atomic E-state index is 0.219. The molecule has 0 radical (unpaired) electrons. The molecule has 0 saturated carbocycles. The molecule has 96 valence electrons. The van der Waals surface area contributed by atoms with E-state index in [1.54, 1.807) is 12.1 Å². The predicted octanol–water partition coefficient (Wildman–Crippen LogP) is 2.91. The van der Waals surface area contributed by atoms with Crippen LogP contribution in [0.1, 0.15) is 18.9 Å². The molecule has 0 unspecified atom stereocenters. The molecule has 0 bridgehead atoms. The molecule has 0 atom stereocenters. The molecule has 1 aromatic rings. The van der Waals surface area contributed by atoms with Crippen molar-refractivity contribution in [3.8, 4) is 0 Å². The van der Waals surface area contributed by atoms with Gasteiger partial charge in [-0.25, -0.2) is 4.39 Å². The zero-order chi connectivity index (χ0) is 12.7. The number of nitrogens with zero attached hydrogens (tertiary/aromatic N) is 1. The van der Waals surface area contributed by atoms with Crippen LogP contribution in [0.15, 0.2) is 18.2 Å². The topological polar surface area (TPSA) is 15.3 Å². The number of benzene rings is 1. The first kappa shape index (κ1) is 14.4. The first-order valence-corrected chi connectivity index (χ1v) is 6.36. The van der Waals surface area contributed by atoms with Crippen LogP contribution in [0.25, 0.3) is 0 Å². The maximum absolute atomic E-state index is 13.6. The van der Waals surface area contributed by atoms with Gasteiger partial charge in [0.2, 0.25) is 0 Å². The van der Waals surface area contributed by atoms with Crippen LogP contribution in [0, 0.1) is 5.82 Å². The highest BCUT2D eigenvalue weighted by Gasteiger charge is 2.11. The highest BCUT2D eigenvalue weighted by molar-refractivity contribution is 6.31. The van der Waals surface area contributed by atoms with Gasteiger partial charge in [-0.2, -0.15) is 0 Å². The van der Waals surface area contributed by atoms with E-state index in [0.717, 1.165) is 26.1 Å². The molecule has 0 aliphatic heterocycles. The number of nitrogens with one attached hydrogen (secondary N) is 1. The van der Waals surface area contributed by atoms with Crippen molar-refractivity contribution in [3.63, 3.8) is 0 Å². The van der Waals surface area contributed by atoms with Crippen LogP contribution in [0.2, 0.25) is 5.02 Å². The van der Waals surface area contributed by atoms with Gasteiger partial charge in [-0.1, -0.05) is 24.6 Å². The third kappa shape index (κ3) is 4.62. The fraction of sp³-hybridized carbons (Fsp3) is 0.538. The molecule has 0 amide bonds. The average Bonchev–Trinajstić information content (AvgIpc) is 2.31. The van der Waals surface area contributed by atoms with Gasteiger partial charge in [0, 0.05) is 30.2 Å². The van der Waals surface area contributed by atoms with Crippen LogP contribution in [-0.2, 0) is 6.54 Å². The van der Waals surface area contributed by atoms with E-state index < -0.39 is 0 Å². The van der Waals surface area contributed by atoms with E-state index in [1.165, 1.54) is 6.07 Å². The minimum Gasteiger partial charge on any atom is -0.318 e. The molecule has 1 aromatic carbocycles. The Bertz CT molecular complexity index is 324. The molecule has 1 N–H and O–H groups in total. The second-order valence-corrected chi connectivity index (χ2v) is 4.49. The standard InChI is InChI=1S/C13H20ClFN2/c1-3-8-17(9-7-16-2)10-11-12(14)5-4-6-13(11)15/h4-6,16H,3,7-10H2,1-2H3. The van der Waals surface area contributed by atoms with Gasteiger partial charge >= 0.3 is 0 Å². The zero-order valence-electron chi connectivity index (χ0n) is 10.5. The quantitative estimate of drug-likeness (QED) is 0.809. The number of hydrogen-bond donors (Lipinski definition) is 1. The lowest BCUT2D eigenvalue weighted by Crippen LogP contribution is -2.31. The highest BCUT2D eigenvalue weighted by atomic mass is 35.5. The molecule has 0 saturated heterocycles. The Morgan fingerprint density at radius 1 is 1.35 bits per heavy atom. The molecule has 0 spiro atoms. The number of halogens is 2. The SMILES string of the molecule is CCCN(CCNC)Cc1c(F)cccc1Cl. The molecule has 0 fully saturated rings. The van der Waals surface area contributed by atoms with E-state index in [-0.39, 0.29) is 5.82 Å². The lowest BCUT2D eigenvalue weighted by Gasteiger charge is -2.22. The molecule has 0 aliphatic carbocycles. The van der Waals surface area contributed by atoms with Crippen LogP contribution in [0.5, 0.6) is 0 Å². The summed E-state index contributed by atoms with van der Waals surface area (Å²) in [5, 5.41) is 3.61.